The lowest BCUT2D eigenvalue weighted by atomic mass is 10.2. The maximum Gasteiger partial charge on any atom is 0.169 e. The summed E-state index contributed by atoms with van der Waals surface area (Å²) in [7, 11) is 1.48. The van der Waals surface area contributed by atoms with E-state index in [0.29, 0.717) is 17.1 Å². The summed E-state index contributed by atoms with van der Waals surface area (Å²) in [4.78, 5) is 1.14. The summed E-state index contributed by atoms with van der Waals surface area (Å²) >= 11 is 1.62. The van der Waals surface area contributed by atoms with Crippen LogP contribution in [0.25, 0.3) is 0 Å². The topological polar surface area (TPSA) is 21.3 Å². The highest BCUT2D eigenvalue weighted by atomic mass is 32.2. The van der Waals surface area contributed by atoms with Gasteiger partial charge >= 0.3 is 0 Å². The molecule has 0 bridgehead atoms. The molecular weight excluding hydrogens is 285 g/mol. The number of nitrogens with one attached hydrogen (secondary N) is 1. The Kier molecular flexibility index (Phi) is 6.08. The van der Waals surface area contributed by atoms with Gasteiger partial charge in [0.2, 0.25) is 0 Å². The Morgan fingerprint density at radius 2 is 1.90 bits per heavy atom. The molecule has 0 radical (unpaired) electrons. The van der Waals surface area contributed by atoms with Gasteiger partial charge in [-0.05, 0) is 30.3 Å². The molecule has 0 aliphatic carbocycles. The maximum atomic E-state index is 14.0. The Morgan fingerprint density at radius 1 is 1.14 bits per heavy atom. The van der Waals surface area contributed by atoms with Gasteiger partial charge in [0.05, 0.1) is 7.11 Å². The van der Waals surface area contributed by atoms with Crippen LogP contribution in [0, 0.1) is 5.82 Å². The normalized spacial score (nSPS) is 10.6. The molecular formula is C17H20FNOS. The van der Waals surface area contributed by atoms with Crippen LogP contribution in [-0.2, 0) is 12.3 Å². The van der Waals surface area contributed by atoms with E-state index in [1.54, 1.807) is 23.9 Å². The van der Waals surface area contributed by atoms with Crippen LogP contribution in [0.15, 0.2) is 47.4 Å². The van der Waals surface area contributed by atoms with E-state index in [1.165, 1.54) is 12.7 Å². The van der Waals surface area contributed by atoms with E-state index < -0.39 is 0 Å². The van der Waals surface area contributed by atoms with E-state index in [2.05, 4.69) is 36.5 Å². The van der Waals surface area contributed by atoms with Crippen molar-refractivity contribution in [2.45, 2.75) is 24.1 Å². The second kappa shape index (κ2) is 8.05. The highest BCUT2D eigenvalue weighted by Crippen LogP contribution is 2.27. The zero-order valence-electron chi connectivity index (χ0n) is 12.4. The van der Waals surface area contributed by atoms with Crippen LogP contribution in [0.3, 0.4) is 0 Å². The molecule has 0 saturated carbocycles. The molecule has 0 atom stereocenters. The smallest absolute Gasteiger partial charge is 0.169 e. The van der Waals surface area contributed by atoms with Gasteiger partial charge in [0, 0.05) is 22.8 Å². The van der Waals surface area contributed by atoms with E-state index in [0.717, 1.165) is 18.0 Å². The van der Waals surface area contributed by atoms with Crippen molar-refractivity contribution in [1.82, 2.24) is 5.32 Å². The standard InChI is InChI=1S/C17H20FNOS/c1-3-19-11-13-7-9-15(10-8-13)21-12-14-5-4-6-16(20-2)17(14)18/h4-10,19H,3,11-12H2,1-2H3. The molecule has 2 nitrogen and oxygen atoms in total. The molecule has 2 rings (SSSR count). The lowest BCUT2D eigenvalue weighted by Crippen LogP contribution is -2.11. The molecule has 1 N–H and O–H groups in total. The molecule has 0 aromatic heterocycles. The first-order valence-corrected chi connectivity index (χ1v) is 7.97. The summed E-state index contributed by atoms with van der Waals surface area (Å²) in [5.41, 5.74) is 1.92. The van der Waals surface area contributed by atoms with E-state index >= 15 is 0 Å². The second-order valence-electron chi connectivity index (χ2n) is 4.65. The lowest BCUT2D eigenvalue weighted by Gasteiger charge is -2.08. The minimum atomic E-state index is -0.267. The van der Waals surface area contributed by atoms with Crippen LogP contribution in [0.4, 0.5) is 4.39 Å². The van der Waals surface area contributed by atoms with Gasteiger partial charge in [-0.2, -0.15) is 0 Å². The van der Waals surface area contributed by atoms with Gasteiger partial charge < -0.3 is 10.1 Å². The second-order valence-corrected chi connectivity index (χ2v) is 5.70. The van der Waals surface area contributed by atoms with E-state index in [-0.39, 0.29) is 5.82 Å². The summed E-state index contributed by atoms with van der Waals surface area (Å²) in [5.74, 6) is 0.626. The van der Waals surface area contributed by atoms with Crippen molar-refractivity contribution in [2.75, 3.05) is 13.7 Å². The zero-order valence-corrected chi connectivity index (χ0v) is 13.2. The molecule has 0 unspecified atom stereocenters. The number of hydrogen-bond donors (Lipinski definition) is 1. The first-order valence-electron chi connectivity index (χ1n) is 6.98. The molecule has 0 amide bonds. The number of benzene rings is 2. The fourth-order valence-corrected chi connectivity index (χ4v) is 2.83. The van der Waals surface area contributed by atoms with Crippen molar-refractivity contribution in [1.29, 1.82) is 0 Å². The quantitative estimate of drug-likeness (QED) is 0.773. The summed E-state index contributed by atoms with van der Waals surface area (Å²) in [5, 5.41) is 3.29. The van der Waals surface area contributed by atoms with Gasteiger partial charge in [0.25, 0.3) is 0 Å². The summed E-state index contributed by atoms with van der Waals surface area (Å²) in [6, 6.07) is 13.6. The summed E-state index contributed by atoms with van der Waals surface area (Å²) < 4.78 is 19.0. The zero-order chi connectivity index (χ0) is 15.1. The molecule has 4 heteroatoms. The van der Waals surface area contributed by atoms with E-state index in [4.69, 9.17) is 4.74 Å². The van der Waals surface area contributed by atoms with E-state index in [1.807, 2.05) is 6.07 Å². The first-order chi connectivity index (χ1) is 10.2. The highest BCUT2D eigenvalue weighted by Gasteiger charge is 2.08. The number of methoxy groups -OCH3 is 1. The number of rotatable bonds is 7. The minimum absolute atomic E-state index is 0.267. The molecule has 0 spiro atoms. The van der Waals surface area contributed by atoms with Gasteiger partial charge in [-0.3, -0.25) is 0 Å². The third-order valence-electron chi connectivity index (χ3n) is 3.16. The van der Waals surface area contributed by atoms with Crippen molar-refractivity contribution >= 4 is 11.8 Å². The maximum absolute atomic E-state index is 14.0. The Balaban J connectivity index is 1.97. The molecule has 0 aliphatic heterocycles. The van der Waals surface area contributed by atoms with Crippen molar-refractivity contribution in [3.63, 3.8) is 0 Å². The minimum Gasteiger partial charge on any atom is -0.494 e. The average Bonchev–Trinajstić information content (AvgIpc) is 2.53. The van der Waals surface area contributed by atoms with Crippen LogP contribution in [0.2, 0.25) is 0 Å². The Hall–Kier alpha value is -1.52. The van der Waals surface area contributed by atoms with Crippen LogP contribution in [0.5, 0.6) is 5.75 Å². The number of ether oxygens (including phenoxy) is 1. The van der Waals surface area contributed by atoms with Gasteiger partial charge in [0.1, 0.15) is 0 Å². The van der Waals surface area contributed by atoms with Crippen molar-refractivity contribution in [3.05, 3.63) is 59.4 Å². The van der Waals surface area contributed by atoms with Gasteiger partial charge in [-0.1, -0.05) is 31.2 Å². The molecule has 21 heavy (non-hydrogen) atoms. The third kappa shape index (κ3) is 4.48. The SMILES string of the molecule is CCNCc1ccc(SCc2cccc(OC)c2F)cc1. The molecule has 0 heterocycles. The van der Waals surface area contributed by atoms with Gasteiger partial charge in [0.15, 0.2) is 11.6 Å². The van der Waals surface area contributed by atoms with Crippen molar-refractivity contribution in [3.8, 4) is 5.75 Å². The average molecular weight is 305 g/mol. The molecule has 2 aromatic rings. The fourth-order valence-electron chi connectivity index (χ4n) is 1.96. The third-order valence-corrected chi connectivity index (χ3v) is 4.22. The number of halogens is 1. The largest absolute Gasteiger partial charge is 0.494 e. The van der Waals surface area contributed by atoms with Crippen LogP contribution < -0.4 is 10.1 Å². The van der Waals surface area contributed by atoms with E-state index in [9.17, 15) is 4.39 Å². The Morgan fingerprint density at radius 3 is 2.57 bits per heavy atom. The lowest BCUT2D eigenvalue weighted by molar-refractivity contribution is 0.385. The summed E-state index contributed by atoms with van der Waals surface area (Å²) in [6.45, 7) is 3.93. The molecule has 0 saturated heterocycles. The number of hydrogen-bond acceptors (Lipinski definition) is 3. The van der Waals surface area contributed by atoms with Gasteiger partial charge in [-0.25, -0.2) is 4.39 Å². The first kappa shape index (κ1) is 15.9. The fraction of sp³-hybridized carbons (Fsp3) is 0.294. The van der Waals surface area contributed by atoms with Crippen molar-refractivity contribution in [2.24, 2.45) is 0 Å². The van der Waals surface area contributed by atoms with Gasteiger partial charge in [-0.15, -0.1) is 11.8 Å². The Bertz CT molecular complexity index is 572. The molecule has 0 aliphatic rings. The van der Waals surface area contributed by atoms with Crippen LogP contribution in [0.1, 0.15) is 18.1 Å². The number of thioether (sulfide) groups is 1. The predicted octanol–water partition coefficient (Wildman–Crippen LogP) is 4.24. The Labute approximate surface area is 129 Å². The molecule has 0 fully saturated rings. The van der Waals surface area contributed by atoms with Crippen LogP contribution >= 0.6 is 11.8 Å². The predicted molar refractivity (Wildman–Crippen MR) is 86.3 cm³/mol. The molecule has 2 aromatic carbocycles. The van der Waals surface area contributed by atoms with Crippen LogP contribution in [-0.4, -0.2) is 13.7 Å². The van der Waals surface area contributed by atoms with Crippen molar-refractivity contribution < 1.29 is 9.13 Å². The summed E-state index contributed by atoms with van der Waals surface area (Å²) in [6.07, 6.45) is 0. The molecule has 112 valence electrons. The highest BCUT2D eigenvalue weighted by molar-refractivity contribution is 7.98. The monoisotopic (exact) mass is 305 g/mol.